The summed E-state index contributed by atoms with van der Waals surface area (Å²) < 4.78 is 5.60. The van der Waals surface area contributed by atoms with E-state index in [1.165, 1.54) is 11.3 Å². The predicted octanol–water partition coefficient (Wildman–Crippen LogP) is 3.89. The van der Waals surface area contributed by atoms with Gasteiger partial charge in [-0.15, -0.1) is 11.3 Å². The number of benzene rings is 1. The van der Waals surface area contributed by atoms with Crippen LogP contribution in [0, 0.1) is 0 Å². The lowest BCUT2D eigenvalue weighted by atomic mass is 9.86. The Balaban J connectivity index is 1.86. The van der Waals surface area contributed by atoms with Crippen molar-refractivity contribution in [1.29, 1.82) is 0 Å². The third-order valence-electron chi connectivity index (χ3n) is 4.33. The molecule has 1 N–H and O–H groups in total. The van der Waals surface area contributed by atoms with Crippen LogP contribution in [0.4, 0.5) is 5.69 Å². The molecule has 0 saturated heterocycles. The monoisotopic (exact) mass is 401 g/mol. The summed E-state index contributed by atoms with van der Waals surface area (Å²) in [5, 5.41) is 5.35. The van der Waals surface area contributed by atoms with Crippen molar-refractivity contribution in [3.8, 4) is 5.75 Å². The Labute approximate surface area is 169 Å². The third kappa shape index (κ3) is 4.52. The van der Waals surface area contributed by atoms with Gasteiger partial charge in [-0.25, -0.2) is 4.98 Å². The summed E-state index contributed by atoms with van der Waals surface area (Å²) in [6, 6.07) is 5.96. The highest BCUT2D eigenvalue weighted by atomic mass is 32.1. The summed E-state index contributed by atoms with van der Waals surface area (Å²) in [6.45, 7) is 12.5. The fraction of sp³-hybridized carbons (Fsp3) is 0.476. The molecule has 0 fully saturated rings. The minimum atomic E-state index is -0.330. The fourth-order valence-electron chi connectivity index (χ4n) is 2.87. The van der Waals surface area contributed by atoms with Crippen LogP contribution in [0.1, 0.15) is 62.6 Å². The molecular formula is C21H27N3O3S. The van der Waals surface area contributed by atoms with Gasteiger partial charge in [0.05, 0.1) is 12.2 Å². The largest absolute Gasteiger partial charge is 0.482 e. The van der Waals surface area contributed by atoms with E-state index in [9.17, 15) is 9.59 Å². The second-order valence-corrected chi connectivity index (χ2v) is 9.97. The first-order chi connectivity index (χ1) is 12.9. The molecule has 0 aliphatic carbocycles. The Kier molecular flexibility index (Phi) is 5.23. The summed E-state index contributed by atoms with van der Waals surface area (Å²) in [6.07, 6.45) is 0. The molecular weight excluding hydrogens is 374 g/mol. The topological polar surface area (TPSA) is 71.5 Å². The average Bonchev–Trinajstić information content (AvgIpc) is 3.03. The lowest BCUT2D eigenvalue weighted by Crippen LogP contribution is -2.40. The summed E-state index contributed by atoms with van der Waals surface area (Å²) in [4.78, 5) is 31.0. The molecule has 1 aromatic carbocycles. The van der Waals surface area contributed by atoms with Gasteiger partial charge in [0, 0.05) is 10.9 Å². The predicted molar refractivity (Wildman–Crippen MR) is 111 cm³/mol. The molecule has 2 aromatic rings. The Morgan fingerprint density at radius 3 is 2.61 bits per heavy atom. The van der Waals surface area contributed by atoms with E-state index < -0.39 is 0 Å². The molecule has 6 nitrogen and oxygen atoms in total. The highest BCUT2D eigenvalue weighted by Gasteiger charge is 2.28. The number of anilines is 1. The molecule has 0 bridgehead atoms. The number of aromatic nitrogens is 1. The van der Waals surface area contributed by atoms with Crippen LogP contribution in [0.25, 0.3) is 0 Å². The summed E-state index contributed by atoms with van der Waals surface area (Å²) in [7, 11) is 0. The highest BCUT2D eigenvalue weighted by molar-refractivity contribution is 7.09. The van der Waals surface area contributed by atoms with E-state index in [0.29, 0.717) is 23.0 Å². The quantitative estimate of drug-likeness (QED) is 0.847. The standard InChI is InChI=1S/C21H27N3O3S/c1-20(2,3)13-7-8-16-15(9-13)24(18(25)11-27-16)10-17-22-14(12-28-17)19(26)23-21(4,5)6/h7-9,12H,10-11H2,1-6H3,(H,23,26). The number of amides is 2. The van der Waals surface area contributed by atoms with Crippen molar-refractivity contribution >= 4 is 28.8 Å². The van der Waals surface area contributed by atoms with Crippen molar-refractivity contribution in [1.82, 2.24) is 10.3 Å². The third-order valence-corrected chi connectivity index (χ3v) is 5.17. The molecule has 0 atom stereocenters. The number of ether oxygens (including phenoxy) is 1. The molecule has 1 aromatic heterocycles. The zero-order valence-electron chi connectivity index (χ0n) is 17.3. The zero-order chi connectivity index (χ0) is 20.7. The molecule has 1 aliphatic rings. The van der Waals surface area contributed by atoms with E-state index >= 15 is 0 Å². The van der Waals surface area contributed by atoms with Crippen LogP contribution in [0.2, 0.25) is 0 Å². The van der Waals surface area contributed by atoms with Crippen LogP contribution in [0.3, 0.4) is 0 Å². The van der Waals surface area contributed by atoms with E-state index in [0.717, 1.165) is 11.3 Å². The van der Waals surface area contributed by atoms with Crippen LogP contribution in [-0.2, 0) is 16.8 Å². The Hall–Kier alpha value is -2.41. The summed E-state index contributed by atoms with van der Waals surface area (Å²) in [5.41, 5.74) is 1.88. The minimum absolute atomic E-state index is 0.00457. The van der Waals surface area contributed by atoms with Crippen molar-refractivity contribution in [2.24, 2.45) is 0 Å². The second kappa shape index (κ2) is 7.20. The van der Waals surface area contributed by atoms with E-state index in [1.54, 1.807) is 10.3 Å². The van der Waals surface area contributed by atoms with Gasteiger partial charge in [0.1, 0.15) is 16.5 Å². The Bertz CT molecular complexity index is 906. The van der Waals surface area contributed by atoms with Crippen molar-refractivity contribution in [3.05, 3.63) is 39.8 Å². The number of rotatable bonds is 3. The molecule has 150 valence electrons. The molecule has 2 heterocycles. The second-order valence-electron chi connectivity index (χ2n) is 9.03. The lowest BCUT2D eigenvalue weighted by Gasteiger charge is -2.31. The molecule has 0 unspecified atom stereocenters. The first-order valence-electron chi connectivity index (χ1n) is 9.29. The van der Waals surface area contributed by atoms with Crippen molar-refractivity contribution < 1.29 is 14.3 Å². The van der Waals surface area contributed by atoms with E-state index in [2.05, 4.69) is 31.1 Å². The van der Waals surface area contributed by atoms with Crippen molar-refractivity contribution in [2.45, 2.75) is 59.0 Å². The highest BCUT2D eigenvalue weighted by Crippen LogP contribution is 2.37. The first-order valence-corrected chi connectivity index (χ1v) is 10.2. The Morgan fingerprint density at radius 2 is 1.96 bits per heavy atom. The fourth-order valence-corrected chi connectivity index (χ4v) is 3.63. The Morgan fingerprint density at radius 1 is 1.25 bits per heavy atom. The number of carbonyl (C=O) groups excluding carboxylic acids is 2. The zero-order valence-corrected chi connectivity index (χ0v) is 18.1. The number of hydrogen-bond acceptors (Lipinski definition) is 5. The van der Waals surface area contributed by atoms with Gasteiger partial charge >= 0.3 is 0 Å². The summed E-state index contributed by atoms with van der Waals surface area (Å²) >= 11 is 1.38. The number of thiazole rings is 1. The number of nitrogens with zero attached hydrogens (tertiary/aromatic N) is 2. The van der Waals surface area contributed by atoms with E-state index in [4.69, 9.17) is 4.74 Å². The summed E-state index contributed by atoms with van der Waals surface area (Å²) in [5.74, 6) is 0.364. The van der Waals surface area contributed by atoms with Gasteiger partial charge in [-0.3, -0.25) is 14.5 Å². The van der Waals surface area contributed by atoms with E-state index in [1.807, 2.05) is 39.0 Å². The first kappa shape index (κ1) is 20.3. The van der Waals surface area contributed by atoms with Gasteiger partial charge in [0.25, 0.3) is 11.8 Å². The van der Waals surface area contributed by atoms with Crippen molar-refractivity contribution in [3.63, 3.8) is 0 Å². The van der Waals surface area contributed by atoms with Gasteiger partial charge in [-0.2, -0.15) is 0 Å². The smallest absolute Gasteiger partial charge is 0.271 e. The van der Waals surface area contributed by atoms with Gasteiger partial charge in [0.15, 0.2) is 6.61 Å². The molecule has 28 heavy (non-hydrogen) atoms. The maximum Gasteiger partial charge on any atom is 0.271 e. The minimum Gasteiger partial charge on any atom is -0.482 e. The molecule has 0 saturated carbocycles. The average molecular weight is 402 g/mol. The number of fused-ring (bicyclic) bond motifs is 1. The molecule has 1 aliphatic heterocycles. The molecule has 0 radical (unpaired) electrons. The van der Waals surface area contributed by atoms with Crippen LogP contribution in [0.5, 0.6) is 5.75 Å². The lowest BCUT2D eigenvalue weighted by molar-refractivity contribution is -0.121. The van der Waals surface area contributed by atoms with Gasteiger partial charge in [0.2, 0.25) is 0 Å². The SMILES string of the molecule is CC(C)(C)NC(=O)c1csc(CN2C(=O)COc3ccc(C(C)(C)C)cc32)n1. The van der Waals surface area contributed by atoms with Crippen LogP contribution in [0.15, 0.2) is 23.6 Å². The number of carbonyl (C=O) groups is 2. The van der Waals surface area contributed by atoms with E-state index in [-0.39, 0.29) is 29.4 Å². The molecule has 7 heteroatoms. The van der Waals surface area contributed by atoms with Crippen molar-refractivity contribution in [2.75, 3.05) is 11.5 Å². The van der Waals surface area contributed by atoms with Crippen LogP contribution >= 0.6 is 11.3 Å². The normalized spacial score (nSPS) is 14.5. The van der Waals surface area contributed by atoms with Gasteiger partial charge in [-0.1, -0.05) is 26.8 Å². The maximum absolute atomic E-state index is 12.5. The molecule has 0 spiro atoms. The van der Waals surface area contributed by atoms with Gasteiger partial charge in [-0.05, 0) is 43.9 Å². The maximum atomic E-state index is 12.5. The molecule has 3 rings (SSSR count). The van der Waals surface area contributed by atoms with Gasteiger partial charge < -0.3 is 10.1 Å². The number of hydrogen-bond donors (Lipinski definition) is 1. The molecule has 2 amide bonds. The number of nitrogens with one attached hydrogen (secondary N) is 1. The van der Waals surface area contributed by atoms with Crippen LogP contribution < -0.4 is 15.0 Å². The van der Waals surface area contributed by atoms with Crippen LogP contribution in [-0.4, -0.2) is 28.9 Å².